The smallest absolute Gasteiger partial charge is 0.149 e. The summed E-state index contributed by atoms with van der Waals surface area (Å²) in [5, 5.41) is 16.8. The van der Waals surface area contributed by atoms with Crippen molar-refractivity contribution in [3.63, 3.8) is 0 Å². The van der Waals surface area contributed by atoms with Crippen LogP contribution in [0.2, 0.25) is 0 Å². The van der Waals surface area contributed by atoms with Crippen LogP contribution in [0.3, 0.4) is 0 Å². The summed E-state index contributed by atoms with van der Waals surface area (Å²) in [5.74, 6) is 0.939. The number of fused-ring (bicyclic) bond motifs is 5. The zero-order chi connectivity index (χ0) is 44.0. The van der Waals surface area contributed by atoms with Gasteiger partial charge in [0.05, 0.1) is 33.4 Å². The second kappa shape index (κ2) is 14.6. The largest absolute Gasteiger partial charge is 0.507 e. The van der Waals surface area contributed by atoms with Gasteiger partial charge in [0.25, 0.3) is 0 Å². The van der Waals surface area contributed by atoms with Crippen LogP contribution in [0.4, 0.5) is 0 Å². The Morgan fingerprint density at radius 1 is 0.524 bits per heavy atom. The Labute approximate surface area is 369 Å². The van der Waals surface area contributed by atoms with E-state index < -0.39 is 0 Å². The summed E-state index contributed by atoms with van der Waals surface area (Å²) in [4.78, 5) is 10.6. The van der Waals surface area contributed by atoms with E-state index in [1.165, 1.54) is 5.56 Å². The molecule has 3 aromatic heterocycles. The standard InChI is InChI=1S/C58H53N3O2/c1-56(2,3)40-25-26-47(43(32-40)35-17-11-10-12-18-35)61-48-24-16-23-42(53(48)60-55(61)45-33-41(57(4,5)6)34-46(54(45)62)58(7,8)9)38-21-15-22-39(29-38)52-51-44-30-36-19-13-14-20-37(36)31-50(44)63-49(51)27-28-59-52/h10-34,62H,1-9H3. The molecule has 63 heavy (non-hydrogen) atoms. The van der Waals surface area contributed by atoms with Crippen molar-refractivity contribution in [3.05, 3.63) is 168 Å². The average Bonchev–Trinajstić information content (AvgIpc) is 3.83. The van der Waals surface area contributed by atoms with Crippen LogP contribution in [0.25, 0.3) is 94.3 Å². The summed E-state index contributed by atoms with van der Waals surface area (Å²) >= 11 is 0. The van der Waals surface area contributed by atoms with Crippen LogP contribution in [0.15, 0.2) is 156 Å². The van der Waals surface area contributed by atoms with Crippen LogP contribution >= 0.6 is 0 Å². The number of para-hydroxylation sites is 1. The number of phenolic OH excluding ortho intramolecular Hbond substituents is 1. The molecule has 0 atom stereocenters. The molecule has 0 unspecified atom stereocenters. The Balaban J connectivity index is 1.25. The molecule has 5 heteroatoms. The lowest BCUT2D eigenvalue weighted by atomic mass is 9.79. The number of aromatic hydroxyl groups is 1. The molecule has 0 fully saturated rings. The van der Waals surface area contributed by atoms with E-state index in [2.05, 4.69) is 206 Å². The highest BCUT2D eigenvalue weighted by atomic mass is 16.3. The zero-order valence-corrected chi connectivity index (χ0v) is 37.6. The van der Waals surface area contributed by atoms with Gasteiger partial charge in [0.2, 0.25) is 0 Å². The van der Waals surface area contributed by atoms with Crippen molar-refractivity contribution >= 4 is 43.7 Å². The van der Waals surface area contributed by atoms with Crippen molar-refractivity contribution in [2.24, 2.45) is 0 Å². The van der Waals surface area contributed by atoms with Crippen LogP contribution in [-0.2, 0) is 16.2 Å². The number of phenols is 1. The molecule has 0 aliphatic heterocycles. The molecular weight excluding hydrogens is 771 g/mol. The molecule has 0 amide bonds. The first-order valence-electron chi connectivity index (χ1n) is 22.0. The summed E-state index contributed by atoms with van der Waals surface area (Å²) < 4.78 is 8.73. The second-order valence-corrected chi connectivity index (χ2v) is 20.1. The van der Waals surface area contributed by atoms with Crippen molar-refractivity contribution in [1.29, 1.82) is 0 Å². The molecule has 0 bridgehead atoms. The third kappa shape index (κ3) is 6.96. The highest BCUT2D eigenvalue weighted by Gasteiger charge is 2.30. The van der Waals surface area contributed by atoms with Gasteiger partial charge in [-0.3, -0.25) is 9.55 Å². The Morgan fingerprint density at radius 2 is 1.19 bits per heavy atom. The lowest BCUT2D eigenvalue weighted by Crippen LogP contribution is -2.17. The van der Waals surface area contributed by atoms with Crippen LogP contribution in [0.5, 0.6) is 5.75 Å². The lowest BCUT2D eigenvalue weighted by Gasteiger charge is -2.28. The highest BCUT2D eigenvalue weighted by molar-refractivity contribution is 6.15. The summed E-state index contributed by atoms with van der Waals surface area (Å²) in [6, 6.07) is 51.5. The topological polar surface area (TPSA) is 64.1 Å². The Hall–Kier alpha value is -6.98. The quantitative estimate of drug-likeness (QED) is 0.188. The number of benzene rings is 7. The van der Waals surface area contributed by atoms with Gasteiger partial charge in [-0.05, 0) is 97.8 Å². The van der Waals surface area contributed by atoms with Gasteiger partial charge in [-0.1, -0.05) is 159 Å². The van der Waals surface area contributed by atoms with E-state index in [0.717, 1.165) is 94.1 Å². The van der Waals surface area contributed by atoms with Crippen molar-refractivity contribution in [3.8, 4) is 56.3 Å². The van der Waals surface area contributed by atoms with E-state index in [9.17, 15) is 5.11 Å². The van der Waals surface area contributed by atoms with Gasteiger partial charge in [0, 0.05) is 33.8 Å². The lowest BCUT2D eigenvalue weighted by molar-refractivity contribution is 0.446. The Kier molecular flexibility index (Phi) is 9.27. The first-order valence-corrected chi connectivity index (χ1v) is 22.0. The molecule has 0 spiro atoms. The van der Waals surface area contributed by atoms with Gasteiger partial charge in [-0.25, -0.2) is 4.98 Å². The maximum atomic E-state index is 12.5. The first kappa shape index (κ1) is 40.1. The number of pyridine rings is 1. The minimum atomic E-state index is -0.323. The summed E-state index contributed by atoms with van der Waals surface area (Å²) in [6.07, 6.45) is 1.83. The number of imidazole rings is 1. The molecule has 5 nitrogen and oxygen atoms in total. The predicted molar refractivity (Wildman–Crippen MR) is 263 cm³/mol. The predicted octanol–water partition coefficient (Wildman–Crippen LogP) is 15.7. The fourth-order valence-electron chi connectivity index (χ4n) is 9.07. The SMILES string of the molecule is CC(C)(C)c1ccc(-n2c(-c3cc(C(C)(C)C)cc(C(C)(C)C)c3O)nc3c(-c4cccc(-c5nccc6oc7cc8ccccc8cc7c56)c4)cccc32)c(-c2ccccc2)c1. The van der Waals surface area contributed by atoms with E-state index >= 15 is 0 Å². The van der Waals surface area contributed by atoms with Gasteiger partial charge in [-0.15, -0.1) is 0 Å². The van der Waals surface area contributed by atoms with Crippen molar-refractivity contribution < 1.29 is 9.52 Å². The molecule has 7 aromatic carbocycles. The van der Waals surface area contributed by atoms with Crippen LogP contribution in [0, 0.1) is 0 Å². The molecule has 0 aliphatic carbocycles. The van der Waals surface area contributed by atoms with Crippen molar-refractivity contribution in [1.82, 2.24) is 14.5 Å². The molecular formula is C58H53N3O2. The summed E-state index contributed by atoms with van der Waals surface area (Å²) in [7, 11) is 0. The van der Waals surface area contributed by atoms with Gasteiger partial charge < -0.3 is 9.52 Å². The van der Waals surface area contributed by atoms with E-state index in [-0.39, 0.29) is 22.0 Å². The minimum Gasteiger partial charge on any atom is -0.507 e. The van der Waals surface area contributed by atoms with Crippen LogP contribution in [-0.4, -0.2) is 19.6 Å². The second-order valence-electron chi connectivity index (χ2n) is 20.1. The maximum Gasteiger partial charge on any atom is 0.149 e. The number of furan rings is 1. The number of aromatic nitrogens is 3. The Morgan fingerprint density at radius 3 is 1.92 bits per heavy atom. The number of nitrogens with zero attached hydrogens (tertiary/aromatic N) is 3. The van der Waals surface area contributed by atoms with Crippen molar-refractivity contribution in [2.45, 2.75) is 78.6 Å². The molecule has 10 aromatic rings. The van der Waals surface area contributed by atoms with Gasteiger partial charge >= 0.3 is 0 Å². The number of hydrogen-bond acceptors (Lipinski definition) is 4. The average molecular weight is 824 g/mol. The monoisotopic (exact) mass is 823 g/mol. The van der Waals surface area contributed by atoms with Crippen molar-refractivity contribution in [2.75, 3.05) is 0 Å². The number of rotatable bonds is 5. The van der Waals surface area contributed by atoms with Crippen LogP contribution < -0.4 is 0 Å². The third-order valence-electron chi connectivity index (χ3n) is 12.6. The fourth-order valence-corrected chi connectivity index (χ4v) is 9.07. The minimum absolute atomic E-state index is 0.0727. The summed E-state index contributed by atoms with van der Waals surface area (Å²) in [5.41, 5.74) is 13.9. The van der Waals surface area contributed by atoms with Gasteiger partial charge in [-0.2, -0.15) is 0 Å². The number of hydrogen-bond donors (Lipinski definition) is 1. The summed E-state index contributed by atoms with van der Waals surface area (Å²) in [6.45, 7) is 19.9. The van der Waals surface area contributed by atoms with E-state index in [1.54, 1.807) is 0 Å². The maximum absolute atomic E-state index is 12.5. The Bertz CT molecular complexity index is 3400. The van der Waals surface area contributed by atoms with E-state index in [1.807, 2.05) is 12.3 Å². The van der Waals surface area contributed by atoms with Gasteiger partial charge in [0.1, 0.15) is 22.7 Å². The molecule has 10 rings (SSSR count). The first-order chi connectivity index (χ1) is 30.0. The molecule has 0 saturated carbocycles. The third-order valence-corrected chi connectivity index (χ3v) is 12.6. The van der Waals surface area contributed by atoms with E-state index in [4.69, 9.17) is 14.4 Å². The molecule has 3 heterocycles. The molecule has 0 radical (unpaired) electrons. The molecule has 1 N–H and O–H groups in total. The normalized spacial score (nSPS) is 12.6. The molecule has 0 saturated heterocycles. The molecule has 312 valence electrons. The highest BCUT2D eigenvalue weighted by Crippen LogP contribution is 2.46. The molecule has 0 aliphatic rings. The van der Waals surface area contributed by atoms with Gasteiger partial charge in [0.15, 0.2) is 0 Å². The van der Waals surface area contributed by atoms with Crippen LogP contribution in [0.1, 0.15) is 79.0 Å². The fraction of sp³-hybridized carbons (Fsp3) is 0.207. The zero-order valence-electron chi connectivity index (χ0n) is 37.6. The van der Waals surface area contributed by atoms with E-state index in [0.29, 0.717) is 11.4 Å².